The van der Waals surface area contributed by atoms with E-state index in [0.717, 1.165) is 55.8 Å². The molecule has 6 aromatic rings. The molecule has 239 valence electrons. The molecule has 1 radical (unpaired) electrons. The first-order valence-corrected chi connectivity index (χ1v) is 16.5. The van der Waals surface area contributed by atoms with Gasteiger partial charge in [0.2, 0.25) is 0 Å². The fraction of sp³-hybridized carbons (Fsp3) is 0.0455. The monoisotopic (exact) mass is 721 g/mol. The average molecular weight is 722 g/mol. The van der Waals surface area contributed by atoms with Crippen LogP contribution >= 0.6 is 0 Å². The zero-order valence-electron chi connectivity index (χ0n) is 26.7. The van der Waals surface area contributed by atoms with Gasteiger partial charge in [0, 0.05) is 75.3 Å². The number of rotatable bonds is 4. The molecule has 0 saturated heterocycles. The number of hydrogen-bond donors (Lipinski definition) is 4. The summed E-state index contributed by atoms with van der Waals surface area (Å²) in [7, 11) is 0. The molecule has 0 saturated carbocycles. The molecule has 5 heterocycles. The molecule has 4 aromatic carbocycles. The van der Waals surface area contributed by atoms with Crippen molar-refractivity contribution in [1.82, 2.24) is 20.6 Å². The Morgan fingerprint density at radius 2 is 0.735 bits per heavy atom. The van der Waals surface area contributed by atoms with Crippen molar-refractivity contribution in [2.75, 3.05) is 0 Å². The molecular weight excluding hydrogens is 687 g/mol. The van der Waals surface area contributed by atoms with Gasteiger partial charge < -0.3 is 20.6 Å². The minimum Gasteiger partial charge on any atom is -0.374 e. The molecule has 0 aliphatic carbocycles. The Hall–Kier alpha value is -5.64. The van der Waals surface area contributed by atoms with E-state index in [0.29, 0.717) is 0 Å². The first-order chi connectivity index (χ1) is 23.8. The normalized spacial score (nSPS) is 23.1. The van der Waals surface area contributed by atoms with Crippen LogP contribution in [0.25, 0.3) is 22.3 Å². The maximum Gasteiger partial charge on any atom is 0.0728 e. The van der Waals surface area contributed by atoms with Crippen LogP contribution in [0.5, 0.6) is 0 Å². The van der Waals surface area contributed by atoms with E-state index in [1.807, 2.05) is 0 Å². The zero-order chi connectivity index (χ0) is 31.9. The van der Waals surface area contributed by atoms with Crippen LogP contribution in [0.2, 0.25) is 0 Å². The second-order valence-corrected chi connectivity index (χ2v) is 12.4. The number of fused-ring (bicyclic) bond motifs is 8. The fourth-order valence-corrected chi connectivity index (χ4v) is 7.32. The van der Waals surface area contributed by atoms with Crippen molar-refractivity contribution in [3.63, 3.8) is 0 Å². The Kier molecular flexibility index (Phi) is 8.21. The van der Waals surface area contributed by atoms with E-state index >= 15 is 0 Å². The summed E-state index contributed by atoms with van der Waals surface area (Å²) in [5, 5.41) is 10.0. The molecule has 2 unspecified atom stereocenters. The largest absolute Gasteiger partial charge is 0.374 e. The Balaban J connectivity index is 0.00000348. The van der Waals surface area contributed by atoms with E-state index < -0.39 is 0 Å². The van der Waals surface area contributed by atoms with Crippen molar-refractivity contribution in [2.24, 2.45) is 0 Å². The van der Waals surface area contributed by atoms with Gasteiger partial charge in [-0.3, -0.25) is 0 Å². The molecule has 0 fully saturated rings. The summed E-state index contributed by atoms with van der Waals surface area (Å²) in [5.41, 5.74) is 13.6. The predicted octanol–water partition coefficient (Wildman–Crippen LogP) is 7.03. The molecule has 3 aliphatic heterocycles. The average Bonchev–Trinajstić information content (AvgIpc) is 3.98. The molecular formula is C44H34N4Rh. The van der Waals surface area contributed by atoms with Crippen LogP contribution in [-0.2, 0) is 19.5 Å². The standard InChI is InChI=1S/C44H34N4.Rh/c1-5-13-29(14-6-1)41-33-21-23-35(45-33)42(30-15-7-2-8-16-30)37-25-27-39(47-37)44(32-19-11-4-12-20-32)40-28-26-38(48-40)43(31-17-9-3-10-18-31)36-24-22-34(41)46-36;/h1-28,33,38,45-48H;/b41-34-,42-35-,43-36-,44-40-;. The zero-order valence-corrected chi connectivity index (χ0v) is 28.3. The van der Waals surface area contributed by atoms with Gasteiger partial charge in [0.1, 0.15) is 0 Å². The first kappa shape index (κ1) is 30.7. The van der Waals surface area contributed by atoms with Crippen molar-refractivity contribution in [1.29, 1.82) is 0 Å². The van der Waals surface area contributed by atoms with Gasteiger partial charge >= 0.3 is 0 Å². The van der Waals surface area contributed by atoms with E-state index in [9.17, 15) is 0 Å². The van der Waals surface area contributed by atoms with E-state index in [1.165, 1.54) is 22.3 Å². The maximum absolute atomic E-state index is 3.93. The van der Waals surface area contributed by atoms with E-state index in [-0.39, 0.29) is 31.6 Å². The molecule has 8 bridgehead atoms. The number of allylic oxidation sites excluding steroid dienone is 2. The number of nitrogens with one attached hydrogen (secondary N) is 4. The number of benzene rings is 4. The predicted molar refractivity (Wildman–Crippen MR) is 196 cm³/mol. The summed E-state index contributed by atoms with van der Waals surface area (Å²) < 4.78 is 0. The van der Waals surface area contributed by atoms with E-state index in [1.54, 1.807) is 0 Å². The van der Waals surface area contributed by atoms with Crippen LogP contribution in [0, 0.1) is 0 Å². The second-order valence-electron chi connectivity index (χ2n) is 12.4. The quantitative estimate of drug-likeness (QED) is 0.148. The molecule has 4 N–H and O–H groups in total. The molecule has 9 rings (SSSR count). The van der Waals surface area contributed by atoms with E-state index in [4.69, 9.17) is 0 Å². The Morgan fingerprint density at radius 3 is 1.12 bits per heavy atom. The molecule has 2 aromatic heterocycles. The fourth-order valence-electron chi connectivity index (χ4n) is 7.32. The minimum atomic E-state index is -0.0361. The van der Waals surface area contributed by atoms with Crippen LogP contribution < -0.4 is 21.3 Å². The molecule has 5 heteroatoms. The SMILES string of the molecule is C1=CC2N/C1=C(/c1ccccc1)c1ccc([nH]1)/C(c1ccccc1)=C1/C=CC(N1)/C(c1ccccc1)=c1/cc/c([nH]1)=C/2c1ccccc1.[Rh]. The molecule has 0 amide bonds. The molecule has 0 spiro atoms. The van der Waals surface area contributed by atoms with Crippen LogP contribution in [0.4, 0.5) is 0 Å². The van der Waals surface area contributed by atoms with Gasteiger partial charge in [0.05, 0.1) is 12.1 Å². The Labute approximate surface area is 298 Å². The summed E-state index contributed by atoms with van der Waals surface area (Å²) in [5.74, 6) is 0. The van der Waals surface area contributed by atoms with Gasteiger partial charge in [-0.1, -0.05) is 133 Å². The third kappa shape index (κ3) is 5.67. The molecule has 49 heavy (non-hydrogen) atoms. The van der Waals surface area contributed by atoms with Crippen molar-refractivity contribution < 1.29 is 19.5 Å². The Morgan fingerprint density at radius 1 is 0.367 bits per heavy atom. The summed E-state index contributed by atoms with van der Waals surface area (Å²) in [4.78, 5) is 7.75. The Bertz CT molecular complexity index is 2210. The van der Waals surface area contributed by atoms with Gasteiger partial charge in [-0.25, -0.2) is 0 Å². The maximum atomic E-state index is 3.93. The van der Waals surface area contributed by atoms with E-state index in [2.05, 4.69) is 190 Å². The van der Waals surface area contributed by atoms with Crippen LogP contribution in [0.1, 0.15) is 33.6 Å². The first-order valence-electron chi connectivity index (χ1n) is 16.5. The number of H-pyrrole nitrogens is 2. The number of aromatic nitrogens is 2. The molecule has 4 nitrogen and oxygen atoms in total. The van der Waals surface area contributed by atoms with Gasteiger partial charge in [0.25, 0.3) is 0 Å². The summed E-state index contributed by atoms with van der Waals surface area (Å²) in [6.07, 6.45) is 9.05. The summed E-state index contributed by atoms with van der Waals surface area (Å²) in [6.45, 7) is 0. The van der Waals surface area contributed by atoms with Crippen LogP contribution in [-0.4, -0.2) is 22.1 Å². The molecule has 3 aliphatic rings. The van der Waals surface area contributed by atoms with Gasteiger partial charge in [-0.2, -0.15) is 0 Å². The van der Waals surface area contributed by atoms with Crippen molar-refractivity contribution >= 4 is 22.3 Å². The number of aromatic amines is 2. The van der Waals surface area contributed by atoms with Crippen molar-refractivity contribution in [2.45, 2.75) is 12.1 Å². The number of hydrogen-bond acceptors (Lipinski definition) is 2. The van der Waals surface area contributed by atoms with Crippen molar-refractivity contribution in [3.05, 3.63) is 226 Å². The smallest absolute Gasteiger partial charge is 0.0728 e. The third-order valence-corrected chi connectivity index (χ3v) is 9.48. The molecule has 2 atom stereocenters. The summed E-state index contributed by atoms with van der Waals surface area (Å²) >= 11 is 0. The minimum absolute atomic E-state index is 0. The van der Waals surface area contributed by atoms with Gasteiger partial charge in [-0.05, 0) is 58.7 Å². The van der Waals surface area contributed by atoms with Crippen LogP contribution in [0.3, 0.4) is 0 Å². The summed E-state index contributed by atoms with van der Waals surface area (Å²) in [6, 6.07) is 51.6. The topological polar surface area (TPSA) is 55.6 Å². The second kappa shape index (κ2) is 13.1. The third-order valence-electron chi connectivity index (χ3n) is 9.48. The van der Waals surface area contributed by atoms with Crippen LogP contribution in [0.15, 0.2) is 181 Å². The van der Waals surface area contributed by atoms with Gasteiger partial charge in [0.15, 0.2) is 0 Å². The van der Waals surface area contributed by atoms with Gasteiger partial charge in [-0.15, -0.1) is 0 Å². The van der Waals surface area contributed by atoms with Crippen molar-refractivity contribution in [3.8, 4) is 0 Å².